The summed E-state index contributed by atoms with van der Waals surface area (Å²) in [5, 5.41) is 0. The van der Waals surface area contributed by atoms with Gasteiger partial charge in [-0.15, -0.1) is 11.8 Å². The second-order valence-electron chi connectivity index (χ2n) is 10.1. The van der Waals surface area contributed by atoms with Crippen molar-refractivity contribution in [3.8, 4) is 11.5 Å². The smallest absolute Gasteiger partial charge is 0.268 e. The van der Waals surface area contributed by atoms with E-state index in [1.54, 1.807) is 72.6 Å². The molecule has 0 bridgehead atoms. The van der Waals surface area contributed by atoms with Crippen LogP contribution in [0.5, 0.6) is 0 Å². The van der Waals surface area contributed by atoms with Crippen LogP contribution in [0.1, 0.15) is 27.8 Å². The molecule has 0 fully saturated rings. The van der Waals surface area contributed by atoms with Crippen molar-refractivity contribution in [2.75, 3.05) is 0 Å². The van der Waals surface area contributed by atoms with Gasteiger partial charge in [-0.3, -0.25) is 0 Å². The number of aromatic nitrogens is 1. The highest BCUT2D eigenvalue weighted by Gasteiger charge is 2.36. The van der Waals surface area contributed by atoms with Crippen LogP contribution in [-0.2, 0) is 38.9 Å². The van der Waals surface area contributed by atoms with Gasteiger partial charge in [0.25, 0.3) is 10.0 Å². The van der Waals surface area contributed by atoms with Crippen LogP contribution in [0, 0.1) is 13.8 Å². The summed E-state index contributed by atoms with van der Waals surface area (Å²) in [6.45, 7) is 3.85. The van der Waals surface area contributed by atoms with Gasteiger partial charge in [0, 0.05) is 41.1 Å². The minimum atomic E-state index is -4.03. The van der Waals surface area contributed by atoms with Gasteiger partial charge in [0.05, 0.1) is 16.1 Å². The molecule has 5 aromatic rings. The number of aryl methyl sites for hydroxylation is 2. The average molecular weight is 605 g/mol. The minimum absolute atomic E-state index is 0.00313. The molecule has 41 heavy (non-hydrogen) atoms. The van der Waals surface area contributed by atoms with Gasteiger partial charge in [-0.1, -0.05) is 53.6 Å². The molecule has 10 heteroatoms. The summed E-state index contributed by atoms with van der Waals surface area (Å²) in [6.07, 6.45) is 3.09. The number of sulfonamides is 1. The van der Waals surface area contributed by atoms with Crippen molar-refractivity contribution < 1.29 is 21.3 Å². The zero-order valence-corrected chi connectivity index (χ0v) is 25.0. The highest BCUT2D eigenvalue weighted by Crippen LogP contribution is 2.41. The van der Waals surface area contributed by atoms with Crippen LogP contribution >= 0.6 is 11.8 Å². The van der Waals surface area contributed by atoms with E-state index in [9.17, 15) is 16.8 Å². The molecule has 0 amide bonds. The summed E-state index contributed by atoms with van der Waals surface area (Å²) in [6, 6.07) is 24.9. The molecule has 0 atom stereocenters. The van der Waals surface area contributed by atoms with E-state index in [0.29, 0.717) is 28.3 Å². The highest BCUT2D eigenvalue weighted by molar-refractivity contribution is 7.98. The summed E-state index contributed by atoms with van der Waals surface area (Å²) < 4.78 is 64.5. The molecule has 0 saturated carbocycles. The number of rotatable bonds is 7. The summed E-state index contributed by atoms with van der Waals surface area (Å²) >= 11 is 1.56. The predicted octanol–water partition coefficient (Wildman–Crippen LogP) is 6.60. The second kappa shape index (κ2) is 10.7. The molecule has 0 saturated heterocycles. The first-order valence-electron chi connectivity index (χ1n) is 13.0. The molecule has 7 nitrogen and oxygen atoms in total. The van der Waals surface area contributed by atoms with Gasteiger partial charge in [-0.2, -0.15) is 4.31 Å². The van der Waals surface area contributed by atoms with Crippen molar-refractivity contribution in [3.63, 3.8) is 0 Å². The quantitative estimate of drug-likeness (QED) is 0.195. The zero-order chi connectivity index (χ0) is 28.8. The van der Waals surface area contributed by atoms with Crippen LogP contribution in [0.3, 0.4) is 0 Å². The Hall–Kier alpha value is -3.57. The van der Waals surface area contributed by atoms with Crippen LogP contribution in [0.15, 0.2) is 116 Å². The molecule has 6 rings (SSSR count). The van der Waals surface area contributed by atoms with Crippen molar-refractivity contribution in [2.24, 2.45) is 0 Å². The maximum absolute atomic E-state index is 14.1. The monoisotopic (exact) mass is 604 g/mol. The van der Waals surface area contributed by atoms with Gasteiger partial charge in [0.15, 0.2) is 5.76 Å². The van der Waals surface area contributed by atoms with Crippen molar-refractivity contribution in [1.82, 2.24) is 8.28 Å². The SMILES string of the molecule is Cc1ccc(S(=O)(=O)N2Cc3ccoc3-c3c(c(CSc4ccccc4)cn3S(=O)(=O)c3ccc(C)cc3)C2)cc1. The highest BCUT2D eigenvalue weighted by atomic mass is 32.2. The lowest BCUT2D eigenvalue weighted by Gasteiger charge is -2.21. The Kier molecular flexibility index (Phi) is 7.19. The number of fused-ring (bicyclic) bond motifs is 3. The average Bonchev–Trinajstić information content (AvgIpc) is 3.53. The maximum atomic E-state index is 14.1. The molecule has 3 aromatic carbocycles. The molecule has 0 spiro atoms. The number of nitrogens with zero attached hydrogens (tertiary/aromatic N) is 2. The summed E-state index contributed by atoms with van der Waals surface area (Å²) in [7, 11) is -7.93. The summed E-state index contributed by atoms with van der Waals surface area (Å²) in [5.41, 5.74) is 4.18. The number of hydrogen-bond acceptors (Lipinski definition) is 6. The molecule has 3 heterocycles. The fourth-order valence-electron chi connectivity index (χ4n) is 4.92. The number of furan rings is 1. The largest absolute Gasteiger partial charge is 0.462 e. The molecule has 0 N–H and O–H groups in total. The normalized spacial score (nSPS) is 13.9. The van der Waals surface area contributed by atoms with Crippen molar-refractivity contribution >= 4 is 31.8 Å². The first-order chi connectivity index (χ1) is 19.6. The molecule has 2 aromatic heterocycles. The van der Waals surface area contributed by atoms with Gasteiger partial charge in [-0.05, 0) is 61.9 Å². The van der Waals surface area contributed by atoms with E-state index in [1.807, 2.05) is 44.2 Å². The maximum Gasteiger partial charge on any atom is 0.268 e. The lowest BCUT2D eigenvalue weighted by atomic mass is 10.1. The Morgan fingerprint density at radius 3 is 2.00 bits per heavy atom. The van der Waals surface area contributed by atoms with E-state index in [1.165, 1.54) is 14.5 Å². The summed E-state index contributed by atoms with van der Waals surface area (Å²) in [4.78, 5) is 1.35. The topological polar surface area (TPSA) is 89.6 Å². The molecule has 1 aliphatic rings. The van der Waals surface area contributed by atoms with E-state index in [4.69, 9.17) is 4.42 Å². The fourth-order valence-corrected chi connectivity index (χ4v) is 8.63. The summed E-state index contributed by atoms with van der Waals surface area (Å²) in [5.74, 6) is 0.797. The van der Waals surface area contributed by atoms with E-state index in [-0.39, 0.29) is 22.9 Å². The standard InChI is InChI=1S/C31H28N2O5S3/c1-22-8-12-27(13-9-22)40(34,35)32-18-24-16-17-38-31(24)30-29(20-32)25(21-39-26-6-4-3-5-7-26)19-33(30)41(36,37)28-14-10-23(2)11-15-28/h3-17,19H,18,20-21H2,1-2H3. The van der Waals surface area contributed by atoms with E-state index >= 15 is 0 Å². The third-order valence-corrected chi connectivity index (χ3v) is 11.7. The molecular weight excluding hydrogens is 577 g/mol. The third kappa shape index (κ3) is 5.17. The van der Waals surface area contributed by atoms with Gasteiger partial charge < -0.3 is 4.42 Å². The first kappa shape index (κ1) is 27.6. The lowest BCUT2D eigenvalue weighted by Crippen LogP contribution is -2.29. The van der Waals surface area contributed by atoms with Crippen LogP contribution in [0.2, 0.25) is 0 Å². The molecule has 0 radical (unpaired) electrons. The molecule has 210 valence electrons. The lowest BCUT2D eigenvalue weighted by molar-refractivity contribution is 0.404. The zero-order valence-electron chi connectivity index (χ0n) is 22.5. The molecule has 0 unspecified atom stereocenters. The van der Waals surface area contributed by atoms with Crippen molar-refractivity contribution in [1.29, 1.82) is 0 Å². The minimum Gasteiger partial charge on any atom is -0.462 e. The van der Waals surface area contributed by atoms with E-state index in [0.717, 1.165) is 21.6 Å². The third-order valence-electron chi connectivity index (χ3n) is 7.18. The van der Waals surface area contributed by atoms with Crippen LogP contribution < -0.4 is 0 Å². The van der Waals surface area contributed by atoms with Crippen LogP contribution in [0.25, 0.3) is 11.5 Å². The number of thioether (sulfide) groups is 1. The first-order valence-corrected chi connectivity index (χ1v) is 16.9. The second-order valence-corrected chi connectivity index (χ2v) is 14.9. The molecular formula is C31H28N2O5S3. The Bertz CT molecular complexity index is 1930. The fraction of sp³-hybridized carbons (Fsp3) is 0.161. The van der Waals surface area contributed by atoms with Gasteiger partial charge in [-0.25, -0.2) is 20.8 Å². The van der Waals surface area contributed by atoms with Gasteiger partial charge in [0.1, 0.15) is 5.69 Å². The Balaban J connectivity index is 1.53. The van der Waals surface area contributed by atoms with Crippen LogP contribution in [0.4, 0.5) is 0 Å². The Morgan fingerprint density at radius 2 is 1.37 bits per heavy atom. The van der Waals surface area contributed by atoms with Crippen molar-refractivity contribution in [3.05, 3.63) is 125 Å². The van der Waals surface area contributed by atoms with Crippen LogP contribution in [-0.4, -0.2) is 25.1 Å². The van der Waals surface area contributed by atoms with Crippen molar-refractivity contribution in [2.45, 2.75) is 47.4 Å². The van der Waals surface area contributed by atoms with E-state index < -0.39 is 20.0 Å². The Labute approximate surface area is 244 Å². The number of benzene rings is 3. The van der Waals surface area contributed by atoms with Gasteiger partial charge >= 0.3 is 0 Å². The molecule has 1 aliphatic heterocycles. The molecule has 0 aliphatic carbocycles. The van der Waals surface area contributed by atoms with E-state index in [2.05, 4.69) is 0 Å². The number of hydrogen-bond donors (Lipinski definition) is 0. The Morgan fingerprint density at radius 1 is 0.756 bits per heavy atom. The predicted molar refractivity (Wildman–Crippen MR) is 160 cm³/mol. The van der Waals surface area contributed by atoms with Gasteiger partial charge in [0.2, 0.25) is 10.0 Å².